The molecule has 0 aliphatic rings. The zero-order valence-corrected chi connectivity index (χ0v) is 9.37. The maximum atomic E-state index is 13.5. The van der Waals surface area contributed by atoms with E-state index in [9.17, 15) is 13.6 Å². The molecule has 0 radical (unpaired) electrons. The molecule has 1 aromatic carbocycles. The number of rotatable bonds is 5. The normalized spacial score (nSPS) is 12.2. The number of ether oxygens (including phenoxy) is 1. The number of nitrogens with two attached hydrogens (primary N) is 2. The Kier molecular flexibility index (Phi) is 4.39. The Bertz CT molecular complexity index is 401. The molecule has 0 heterocycles. The zero-order valence-electron chi connectivity index (χ0n) is 9.37. The van der Waals surface area contributed by atoms with Crippen molar-refractivity contribution in [3.05, 3.63) is 29.3 Å². The van der Waals surface area contributed by atoms with E-state index in [0.717, 1.165) is 12.1 Å². The molecule has 1 rings (SSSR count). The van der Waals surface area contributed by atoms with E-state index in [-0.39, 0.29) is 13.0 Å². The minimum atomic E-state index is -1.05. The molecule has 17 heavy (non-hydrogen) atoms. The van der Waals surface area contributed by atoms with E-state index < -0.39 is 29.4 Å². The number of carbonyl (C=O) groups excluding carboxylic acids is 1. The van der Waals surface area contributed by atoms with Gasteiger partial charge in [-0.2, -0.15) is 0 Å². The number of carbonyl (C=O) groups is 1. The van der Waals surface area contributed by atoms with Crippen molar-refractivity contribution < 1.29 is 18.3 Å². The predicted octanol–water partition coefficient (Wildman–Crippen LogP) is 1.07. The molecule has 0 bridgehead atoms. The summed E-state index contributed by atoms with van der Waals surface area (Å²) in [5, 5.41) is 0. The lowest BCUT2D eigenvalue weighted by Gasteiger charge is -2.15. The van der Waals surface area contributed by atoms with Crippen LogP contribution in [0.5, 0.6) is 5.75 Å². The van der Waals surface area contributed by atoms with Crippen molar-refractivity contribution in [2.24, 2.45) is 11.5 Å². The van der Waals surface area contributed by atoms with Crippen molar-refractivity contribution in [2.75, 3.05) is 0 Å². The van der Waals surface area contributed by atoms with E-state index >= 15 is 0 Å². The molecule has 0 aliphatic carbocycles. The second-order valence-corrected chi connectivity index (χ2v) is 3.51. The SMILES string of the molecule is CCC(Oc1c(F)cc(CN)cc1F)C(N)=O. The van der Waals surface area contributed by atoms with E-state index in [4.69, 9.17) is 16.2 Å². The Hall–Kier alpha value is -1.69. The number of hydrogen-bond acceptors (Lipinski definition) is 3. The number of hydrogen-bond donors (Lipinski definition) is 2. The van der Waals surface area contributed by atoms with Crippen molar-refractivity contribution in [2.45, 2.75) is 26.0 Å². The van der Waals surface area contributed by atoms with Crippen LogP contribution in [0.2, 0.25) is 0 Å². The minimum absolute atomic E-state index is 0.0150. The second kappa shape index (κ2) is 5.58. The van der Waals surface area contributed by atoms with Crippen LogP contribution in [0.3, 0.4) is 0 Å². The van der Waals surface area contributed by atoms with Crippen LogP contribution in [0, 0.1) is 11.6 Å². The fourth-order valence-electron chi connectivity index (χ4n) is 1.33. The summed E-state index contributed by atoms with van der Waals surface area (Å²) >= 11 is 0. The number of amides is 1. The third kappa shape index (κ3) is 3.13. The quantitative estimate of drug-likeness (QED) is 0.813. The molecular formula is C11H14F2N2O2. The van der Waals surface area contributed by atoms with Gasteiger partial charge >= 0.3 is 0 Å². The van der Waals surface area contributed by atoms with Gasteiger partial charge in [0, 0.05) is 6.54 Å². The van der Waals surface area contributed by atoms with Gasteiger partial charge in [0.25, 0.3) is 5.91 Å². The summed E-state index contributed by atoms with van der Waals surface area (Å²) in [4.78, 5) is 10.9. The van der Waals surface area contributed by atoms with Gasteiger partial charge in [0.2, 0.25) is 0 Å². The molecular weight excluding hydrogens is 230 g/mol. The Balaban J connectivity index is 3.02. The predicted molar refractivity (Wildman–Crippen MR) is 58.2 cm³/mol. The lowest BCUT2D eigenvalue weighted by atomic mass is 10.2. The highest BCUT2D eigenvalue weighted by molar-refractivity contribution is 5.79. The summed E-state index contributed by atoms with van der Waals surface area (Å²) in [5.41, 5.74) is 10.6. The first kappa shape index (κ1) is 13.4. The monoisotopic (exact) mass is 244 g/mol. The van der Waals surface area contributed by atoms with Gasteiger partial charge in [-0.1, -0.05) is 6.92 Å². The summed E-state index contributed by atoms with van der Waals surface area (Å²) in [7, 11) is 0. The average Bonchev–Trinajstić information content (AvgIpc) is 2.27. The van der Waals surface area contributed by atoms with E-state index in [1.54, 1.807) is 6.92 Å². The topological polar surface area (TPSA) is 78.3 Å². The van der Waals surface area contributed by atoms with Crippen LogP contribution in [0.15, 0.2) is 12.1 Å². The smallest absolute Gasteiger partial charge is 0.258 e. The fourth-order valence-corrected chi connectivity index (χ4v) is 1.33. The van der Waals surface area contributed by atoms with E-state index in [0.29, 0.717) is 5.56 Å². The third-order valence-corrected chi connectivity index (χ3v) is 2.24. The van der Waals surface area contributed by atoms with Crippen LogP contribution < -0.4 is 16.2 Å². The highest BCUT2D eigenvalue weighted by atomic mass is 19.1. The molecule has 1 amide bonds. The lowest BCUT2D eigenvalue weighted by molar-refractivity contribution is -0.124. The Labute approximate surface area is 97.5 Å². The van der Waals surface area contributed by atoms with Gasteiger partial charge in [-0.05, 0) is 24.1 Å². The Morgan fingerprint density at radius 3 is 2.29 bits per heavy atom. The van der Waals surface area contributed by atoms with Gasteiger partial charge in [-0.3, -0.25) is 4.79 Å². The van der Waals surface area contributed by atoms with Crippen molar-refractivity contribution in [3.8, 4) is 5.75 Å². The molecule has 1 unspecified atom stereocenters. The highest BCUT2D eigenvalue weighted by Crippen LogP contribution is 2.24. The maximum absolute atomic E-state index is 13.5. The molecule has 6 heteroatoms. The number of primary amides is 1. The third-order valence-electron chi connectivity index (χ3n) is 2.24. The van der Waals surface area contributed by atoms with Gasteiger partial charge in [0.05, 0.1) is 0 Å². The molecule has 4 N–H and O–H groups in total. The summed E-state index contributed by atoms with van der Waals surface area (Å²) in [6.45, 7) is 1.64. The average molecular weight is 244 g/mol. The van der Waals surface area contributed by atoms with E-state index in [2.05, 4.69) is 0 Å². The standard InChI is InChI=1S/C11H14F2N2O2/c1-2-9(11(15)16)17-10-7(12)3-6(5-14)4-8(10)13/h3-4,9H,2,5,14H2,1H3,(H2,15,16). The van der Waals surface area contributed by atoms with Gasteiger partial charge in [-0.25, -0.2) is 8.78 Å². The van der Waals surface area contributed by atoms with Crippen molar-refractivity contribution in [1.29, 1.82) is 0 Å². The first-order valence-corrected chi connectivity index (χ1v) is 5.13. The van der Waals surface area contributed by atoms with Crippen LogP contribution in [-0.2, 0) is 11.3 Å². The van der Waals surface area contributed by atoms with Crippen molar-refractivity contribution in [3.63, 3.8) is 0 Å². The van der Waals surface area contributed by atoms with Crippen LogP contribution in [0.1, 0.15) is 18.9 Å². The molecule has 0 spiro atoms. The van der Waals surface area contributed by atoms with Gasteiger partial charge in [0.15, 0.2) is 23.5 Å². The lowest BCUT2D eigenvalue weighted by Crippen LogP contribution is -2.33. The molecule has 0 saturated heterocycles. The van der Waals surface area contributed by atoms with Crippen LogP contribution in [0.25, 0.3) is 0 Å². The summed E-state index contributed by atoms with van der Waals surface area (Å²) < 4.78 is 31.9. The molecule has 0 aromatic heterocycles. The number of halogens is 2. The first-order chi connectivity index (χ1) is 7.99. The molecule has 0 saturated carbocycles. The summed E-state index contributed by atoms with van der Waals surface area (Å²) in [5.74, 6) is -3.17. The largest absolute Gasteiger partial charge is 0.474 e. The molecule has 94 valence electrons. The fraction of sp³-hybridized carbons (Fsp3) is 0.364. The highest BCUT2D eigenvalue weighted by Gasteiger charge is 2.20. The summed E-state index contributed by atoms with van der Waals surface area (Å²) in [6, 6.07) is 2.12. The summed E-state index contributed by atoms with van der Waals surface area (Å²) in [6.07, 6.45) is -0.824. The maximum Gasteiger partial charge on any atom is 0.258 e. The first-order valence-electron chi connectivity index (χ1n) is 5.13. The van der Waals surface area contributed by atoms with Gasteiger partial charge in [-0.15, -0.1) is 0 Å². The molecule has 0 aliphatic heterocycles. The van der Waals surface area contributed by atoms with E-state index in [1.165, 1.54) is 0 Å². The van der Waals surface area contributed by atoms with Crippen LogP contribution in [-0.4, -0.2) is 12.0 Å². The van der Waals surface area contributed by atoms with Gasteiger partial charge in [0.1, 0.15) is 0 Å². The van der Waals surface area contributed by atoms with E-state index in [1.807, 2.05) is 0 Å². The van der Waals surface area contributed by atoms with Crippen molar-refractivity contribution in [1.82, 2.24) is 0 Å². The number of benzene rings is 1. The second-order valence-electron chi connectivity index (χ2n) is 3.51. The molecule has 1 atom stereocenters. The zero-order chi connectivity index (χ0) is 13.0. The Morgan fingerprint density at radius 2 is 1.94 bits per heavy atom. The van der Waals surface area contributed by atoms with Crippen molar-refractivity contribution >= 4 is 5.91 Å². The Morgan fingerprint density at radius 1 is 1.41 bits per heavy atom. The molecule has 0 fully saturated rings. The van der Waals surface area contributed by atoms with Gasteiger partial charge < -0.3 is 16.2 Å². The molecule has 1 aromatic rings. The van der Waals surface area contributed by atoms with Crippen LogP contribution >= 0.6 is 0 Å². The van der Waals surface area contributed by atoms with Crippen LogP contribution in [0.4, 0.5) is 8.78 Å². The minimum Gasteiger partial charge on any atom is -0.474 e. The molecule has 4 nitrogen and oxygen atoms in total.